The van der Waals surface area contributed by atoms with Crippen LogP contribution in [-0.4, -0.2) is 63.6 Å². The van der Waals surface area contributed by atoms with Gasteiger partial charge >= 0.3 is 0 Å². The predicted octanol–water partition coefficient (Wildman–Crippen LogP) is 4.10. The van der Waals surface area contributed by atoms with Crippen LogP contribution < -0.4 is 10.6 Å². The number of aliphatic hydroxyl groups excluding tert-OH is 1. The first kappa shape index (κ1) is 30.1. The van der Waals surface area contributed by atoms with Gasteiger partial charge in [-0.3, -0.25) is 14.4 Å². The Morgan fingerprint density at radius 3 is 2.50 bits per heavy atom. The number of hydrogen-bond acceptors (Lipinski definition) is 6. The Morgan fingerprint density at radius 2 is 1.93 bits per heavy atom. The SMILES string of the molecule is Cc1ncsc1-c1ccc(CNC(=O)[C@@H]2C[C@@H](O)CN2C(=O)[C@@H](CNC(=O)C2(F)CC2)C(C)(C)C)c(C(C)C)c1. The Morgan fingerprint density at radius 1 is 1.23 bits per heavy atom. The van der Waals surface area contributed by atoms with E-state index in [2.05, 4.69) is 35.5 Å². The number of carbonyl (C=O) groups is 3. The van der Waals surface area contributed by atoms with Crippen LogP contribution in [0, 0.1) is 18.3 Å². The Kier molecular flexibility index (Phi) is 8.71. The summed E-state index contributed by atoms with van der Waals surface area (Å²) >= 11 is 1.60. The van der Waals surface area contributed by atoms with Crippen molar-refractivity contribution in [3.05, 3.63) is 40.5 Å². The van der Waals surface area contributed by atoms with Crippen molar-refractivity contribution in [3.63, 3.8) is 0 Å². The minimum absolute atomic E-state index is 0.0307. The van der Waals surface area contributed by atoms with Crippen LogP contribution in [0.25, 0.3) is 10.4 Å². The molecule has 8 nitrogen and oxygen atoms in total. The minimum Gasteiger partial charge on any atom is -0.391 e. The molecule has 0 radical (unpaired) electrons. The molecule has 2 heterocycles. The summed E-state index contributed by atoms with van der Waals surface area (Å²) < 4.78 is 14.2. The third-order valence-corrected chi connectivity index (χ3v) is 8.98. The summed E-state index contributed by atoms with van der Waals surface area (Å²) in [6.07, 6.45) is -0.308. The van der Waals surface area contributed by atoms with Crippen LogP contribution in [0.5, 0.6) is 0 Å². The van der Waals surface area contributed by atoms with Gasteiger partial charge in [0.05, 0.1) is 28.1 Å². The molecular formula is C30H41FN4O4S. The maximum absolute atomic E-state index is 14.2. The fourth-order valence-electron chi connectivity index (χ4n) is 5.27. The number of aromatic nitrogens is 1. The van der Waals surface area contributed by atoms with Gasteiger partial charge in [-0.2, -0.15) is 0 Å². The van der Waals surface area contributed by atoms with Crippen molar-refractivity contribution in [2.24, 2.45) is 11.3 Å². The molecule has 10 heteroatoms. The van der Waals surface area contributed by atoms with Crippen molar-refractivity contribution in [2.45, 2.75) is 91.1 Å². The number of amides is 3. The number of thiazole rings is 1. The molecule has 1 saturated carbocycles. The van der Waals surface area contributed by atoms with Crippen molar-refractivity contribution >= 4 is 29.1 Å². The molecule has 2 fully saturated rings. The number of hydrogen-bond donors (Lipinski definition) is 3. The summed E-state index contributed by atoms with van der Waals surface area (Å²) in [5.74, 6) is -1.81. The lowest BCUT2D eigenvalue weighted by Crippen LogP contribution is -2.52. The van der Waals surface area contributed by atoms with E-state index < -0.39 is 35.1 Å². The molecule has 1 aromatic carbocycles. The Balaban J connectivity index is 1.46. The lowest BCUT2D eigenvalue weighted by molar-refractivity contribution is -0.145. The number of aliphatic hydroxyl groups is 1. The maximum atomic E-state index is 14.2. The highest BCUT2D eigenvalue weighted by Gasteiger charge is 2.51. The van der Waals surface area contributed by atoms with Gasteiger partial charge < -0.3 is 20.6 Å². The van der Waals surface area contributed by atoms with Crippen molar-refractivity contribution in [1.29, 1.82) is 0 Å². The lowest BCUT2D eigenvalue weighted by atomic mass is 9.79. The van der Waals surface area contributed by atoms with Gasteiger partial charge in [0.1, 0.15) is 6.04 Å². The summed E-state index contributed by atoms with van der Waals surface area (Å²) in [6, 6.07) is 5.37. The molecule has 4 rings (SSSR count). The number of benzene rings is 1. The minimum atomic E-state index is -1.83. The van der Waals surface area contributed by atoms with Crippen molar-refractivity contribution < 1.29 is 23.9 Å². The highest BCUT2D eigenvalue weighted by molar-refractivity contribution is 7.13. The van der Waals surface area contributed by atoms with E-state index in [1.165, 1.54) is 4.90 Å². The number of alkyl halides is 1. The van der Waals surface area contributed by atoms with E-state index in [0.717, 1.165) is 27.3 Å². The monoisotopic (exact) mass is 572 g/mol. The van der Waals surface area contributed by atoms with Gasteiger partial charge in [0.2, 0.25) is 11.8 Å². The predicted molar refractivity (Wildman–Crippen MR) is 153 cm³/mol. The Bertz CT molecular complexity index is 1270. The zero-order valence-corrected chi connectivity index (χ0v) is 25.0. The molecule has 3 atom stereocenters. The number of aryl methyl sites for hydroxylation is 1. The van der Waals surface area contributed by atoms with E-state index in [1.807, 2.05) is 45.3 Å². The van der Waals surface area contributed by atoms with E-state index >= 15 is 0 Å². The smallest absolute Gasteiger partial charge is 0.257 e. The van der Waals surface area contributed by atoms with Crippen LogP contribution in [0.1, 0.15) is 76.6 Å². The molecule has 1 aliphatic carbocycles. The molecule has 2 aliphatic rings. The Hall–Kier alpha value is -2.85. The molecule has 1 aliphatic heterocycles. The number of halogens is 1. The standard InChI is InChI=1S/C30H41FN4O4S/c1-17(2)22-11-19(25-18(3)34-16-40-25)7-8-20(22)13-32-26(37)24-12-21(36)15-35(24)27(38)23(29(4,5)6)14-33-28(39)30(31)9-10-30/h7-8,11,16-17,21,23-24,36H,9-10,12-15H2,1-6H3,(H,32,37)(H,33,39)/t21-,23-,24+/m1/s1. The summed E-state index contributed by atoms with van der Waals surface area (Å²) in [7, 11) is 0. The summed E-state index contributed by atoms with van der Waals surface area (Å²) in [5, 5.41) is 16.0. The first-order valence-corrected chi connectivity index (χ1v) is 14.9. The molecule has 1 saturated heterocycles. The summed E-state index contributed by atoms with van der Waals surface area (Å²) in [4.78, 5) is 46.2. The topological polar surface area (TPSA) is 112 Å². The first-order chi connectivity index (χ1) is 18.7. The van der Waals surface area contributed by atoms with Gasteiger partial charge in [0, 0.05) is 26.1 Å². The van der Waals surface area contributed by atoms with Gasteiger partial charge in [0.15, 0.2) is 5.67 Å². The molecule has 2 aromatic rings. The van der Waals surface area contributed by atoms with Crippen LogP contribution >= 0.6 is 11.3 Å². The molecule has 0 spiro atoms. The normalized spacial score (nSPS) is 20.9. The highest BCUT2D eigenvalue weighted by Crippen LogP contribution is 2.40. The fraction of sp³-hybridized carbons (Fsp3) is 0.600. The molecule has 3 N–H and O–H groups in total. The van der Waals surface area contributed by atoms with E-state index in [0.29, 0.717) is 6.54 Å². The lowest BCUT2D eigenvalue weighted by Gasteiger charge is -2.35. The van der Waals surface area contributed by atoms with Gasteiger partial charge in [-0.25, -0.2) is 9.37 Å². The van der Waals surface area contributed by atoms with E-state index in [4.69, 9.17) is 0 Å². The number of carbonyl (C=O) groups excluding carboxylic acids is 3. The highest BCUT2D eigenvalue weighted by atomic mass is 32.1. The maximum Gasteiger partial charge on any atom is 0.257 e. The van der Waals surface area contributed by atoms with Crippen LogP contribution in [-0.2, 0) is 20.9 Å². The zero-order valence-electron chi connectivity index (χ0n) is 24.2. The van der Waals surface area contributed by atoms with Crippen LogP contribution in [0.15, 0.2) is 23.7 Å². The van der Waals surface area contributed by atoms with Crippen molar-refractivity contribution in [2.75, 3.05) is 13.1 Å². The van der Waals surface area contributed by atoms with E-state index in [-0.39, 0.29) is 50.1 Å². The van der Waals surface area contributed by atoms with Crippen molar-refractivity contribution in [1.82, 2.24) is 20.5 Å². The van der Waals surface area contributed by atoms with Gasteiger partial charge in [-0.05, 0) is 53.9 Å². The first-order valence-electron chi connectivity index (χ1n) is 14.0. The van der Waals surface area contributed by atoms with E-state index in [1.54, 1.807) is 11.3 Å². The summed E-state index contributed by atoms with van der Waals surface area (Å²) in [6.45, 7) is 12.1. The zero-order chi connectivity index (χ0) is 29.4. The number of nitrogens with one attached hydrogen (secondary N) is 2. The second-order valence-electron chi connectivity index (χ2n) is 12.5. The van der Waals surface area contributed by atoms with Crippen LogP contribution in [0.2, 0.25) is 0 Å². The van der Waals surface area contributed by atoms with Crippen LogP contribution in [0.3, 0.4) is 0 Å². The number of rotatable bonds is 9. The fourth-order valence-corrected chi connectivity index (χ4v) is 6.08. The molecule has 218 valence electrons. The second kappa shape index (κ2) is 11.6. The number of nitrogens with zero attached hydrogens (tertiary/aromatic N) is 2. The van der Waals surface area contributed by atoms with E-state index in [9.17, 15) is 23.9 Å². The summed E-state index contributed by atoms with van der Waals surface area (Å²) in [5.41, 5.74) is 3.63. The third-order valence-electron chi connectivity index (χ3n) is 8.00. The van der Waals surface area contributed by atoms with Crippen molar-refractivity contribution in [3.8, 4) is 10.4 Å². The average molecular weight is 573 g/mol. The molecule has 1 aromatic heterocycles. The number of β-amino-alcohol motifs (C(OH)–C–C–N with tert-alkyl or cyclic N) is 1. The molecule has 40 heavy (non-hydrogen) atoms. The molecule has 3 amide bonds. The molecular weight excluding hydrogens is 531 g/mol. The Labute approximate surface area is 239 Å². The second-order valence-corrected chi connectivity index (χ2v) is 13.4. The van der Waals surface area contributed by atoms with Gasteiger partial charge in [-0.1, -0.05) is 46.8 Å². The van der Waals surface area contributed by atoms with Crippen LogP contribution in [0.4, 0.5) is 4.39 Å². The molecule has 0 unspecified atom stereocenters. The van der Waals surface area contributed by atoms with Gasteiger partial charge in [-0.15, -0.1) is 11.3 Å². The largest absolute Gasteiger partial charge is 0.391 e. The number of likely N-dealkylation sites (tertiary alicyclic amines) is 1. The van der Waals surface area contributed by atoms with Gasteiger partial charge in [0.25, 0.3) is 5.91 Å². The molecule has 0 bridgehead atoms. The average Bonchev–Trinajstić information content (AvgIpc) is 3.29. The quantitative estimate of drug-likeness (QED) is 0.419. The third kappa shape index (κ3) is 6.54.